The van der Waals surface area contributed by atoms with Gasteiger partial charge in [0.05, 0.1) is 33.4 Å². The van der Waals surface area contributed by atoms with Crippen molar-refractivity contribution in [2.45, 2.75) is 6.54 Å². The van der Waals surface area contributed by atoms with Crippen LogP contribution in [0.5, 0.6) is 11.5 Å². The minimum atomic E-state index is -1.19. The number of carboxylic acids is 1. The van der Waals surface area contributed by atoms with Crippen LogP contribution in [-0.2, 0) is 11.3 Å². The Balaban J connectivity index is 1.75. The lowest BCUT2D eigenvalue weighted by Crippen LogP contribution is -2.38. The summed E-state index contributed by atoms with van der Waals surface area (Å²) < 4.78 is 15.9. The number of rotatable bonds is 7. The lowest BCUT2D eigenvalue weighted by molar-refractivity contribution is -0.254. The zero-order chi connectivity index (χ0) is 19.2. The first-order valence-electron chi connectivity index (χ1n) is 8.75. The number of carbonyl (C=O) groups excluding carboxylic acids is 1. The van der Waals surface area contributed by atoms with E-state index in [0.29, 0.717) is 55.7 Å². The topological polar surface area (TPSA) is 83.1 Å². The second-order valence-electron chi connectivity index (χ2n) is 6.16. The summed E-state index contributed by atoms with van der Waals surface area (Å²) in [5.74, 6) is 0.122. The maximum Gasteiger partial charge on any atom is 0.161 e. The van der Waals surface area contributed by atoms with Crippen LogP contribution in [0.2, 0.25) is 0 Å². The number of methoxy groups -OCH3 is 2. The quantitative estimate of drug-likeness (QED) is 0.790. The number of anilines is 2. The fraction of sp³-hybridized carbons (Fsp3) is 0.350. The predicted molar refractivity (Wildman–Crippen MR) is 101 cm³/mol. The van der Waals surface area contributed by atoms with Crippen molar-refractivity contribution in [2.75, 3.05) is 50.7 Å². The number of nitrogens with zero attached hydrogens (tertiary/aromatic N) is 1. The Morgan fingerprint density at radius 1 is 1.11 bits per heavy atom. The first-order valence-corrected chi connectivity index (χ1v) is 8.75. The summed E-state index contributed by atoms with van der Waals surface area (Å²) in [5, 5.41) is 14.9. The molecule has 0 atom stereocenters. The summed E-state index contributed by atoms with van der Waals surface area (Å²) in [7, 11) is 3.18. The van der Waals surface area contributed by atoms with Crippen molar-refractivity contribution >= 4 is 17.3 Å². The van der Waals surface area contributed by atoms with Crippen molar-refractivity contribution < 1.29 is 24.1 Å². The van der Waals surface area contributed by atoms with Gasteiger partial charge in [-0.15, -0.1) is 0 Å². The molecule has 2 aromatic carbocycles. The van der Waals surface area contributed by atoms with Crippen molar-refractivity contribution in [1.82, 2.24) is 0 Å². The maximum atomic E-state index is 11.6. The summed E-state index contributed by atoms with van der Waals surface area (Å²) in [6.07, 6.45) is 0. The molecule has 144 valence electrons. The third kappa shape index (κ3) is 4.43. The Hall–Kier alpha value is -2.93. The summed E-state index contributed by atoms with van der Waals surface area (Å²) in [6.45, 7) is 3.03. The van der Waals surface area contributed by atoms with E-state index in [0.717, 1.165) is 5.56 Å². The lowest BCUT2D eigenvalue weighted by atomic mass is 10.1. The van der Waals surface area contributed by atoms with E-state index in [1.54, 1.807) is 20.3 Å². The molecular weight excluding hydrogens is 348 g/mol. The van der Waals surface area contributed by atoms with Gasteiger partial charge in [0.2, 0.25) is 0 Å². The van der Waals surface area contributed by atoms with E-state index in [9.17, 15) is 9.90 Å². The van der Waals surface area contributed by atoms with Crippen LogP contribution < -0.4 is 24.8 Å². The number of aromatic carboxylic acids is 1. The molecule has 0 unspecified atom stereocenters. The highest BCUT2D eigenvalue weighted by Crippen LogP contribution is 2.29. The molecule has 1 N–H and O–H groups in total. The number of carboxylic acid groups (broad SMARTS) is 1. The zero-order valence-electron chi connectivity index (χ0n) is 15.5. The van der Waals surface area contributed by atoms with Crippen molar-refractivity contribution in [2.24, 2.45) is 0 Å². The van der Waals surface area contributed by atoms with Gasteiger partial charge in [-0.25, -0.2) is 0 Å². The standard InChI is InChI=1S/C20H24N2O5/c1-25-18-6-3-14(11-19(18)26-2)13-21-15-4-5-17(16(12-15)20(23)24)22-7-9-27-10-8-22/h3-6,11-12,21H,7-10,13H2,1-2H3,(H,23,24)/p-1. The molecule has 0 aromatic heterocycles. The minimum Gasteiger partial charge on any atom is -0.545 e. The molecular formula is C20H23N2O5-. The highest BCUT2D eigenvalue weighted by molar-refractivity contribution is 5.94. The molecule has 27 heavy (non-hydrogen) atoms. The van der Waals surface area contributed by atoms with Gasteiger partial charge < -0.3 is 34.3 Å². The molecule has 7 heteroatoms. The Kier molecular flexibility index (Phi) is 6.03. The normalized spacial score (nSPS) is 13.9. The van der Waals surface area contributed by atoms with Gasteiger partial charge in [0.25, 0.3) is 0 Å². The number of benzene rings is 2. The molecule has 0 bridgehead atoms. The Bertz CT molecular complexity index is 803. The number of ether oxygens (including phenoxy) is 3. The molecule has 1 fully saturated rings. The third-order valence-electron chi connectivity index (χ3n) is 4.51. The van der Waals surface area contributed by atoms with Gasteiger partial charge in [0.1, 0.15) is 0 Å². The number of nitrogens with one attached hydrogen (secondary N) is 1. The second kappa shape index (κ2) is 8.64. The summed E-state index contributed by atoms with van der Waals surface area (Å²) >= 11 is 0. The van der Waals surface area contributed by atoms with Crippen molar-refractivity contribution in [3.8, 4) is 11.5 Å². The third-order valence-corrected chi connectivity index (χ3v) is 4.51. The van der Waals surface area contributed by atoms with E-state index >= 15 is 0 Å². The SMILES string of the molecule is COc1ccc(CNc2ccc(N3CCOCC3)c(C(=O)[O-])c2)cc1OC. The largest absolute Gasteiger partial charge is 0.545 e. The van der Waals surface area contributed by atoms with Crippen LogP contribution >= 0.6 is 0 Å². The van der Waals surface area contributed by atoms with Gasteiger partial charge in [0.15, 0.2) is 11.5 Å². The molecule has 2 aromatic rings. The molecule has 7 nitrogen and oxygen atoms in total. The highest BCUT2D eigenvalue weighted by atomic mass is 16.5. The van der Waals surface area contributed by atoms with Crippen LogP contribution in [0, 0.1) is 0 Å². The van der Waals surface area contributed by atoms with Crippen molar-refractivity contribution in [1.29, 1.82) is 0 Å². The van der Waals surface area contributed by atoms with E-state index in [-0.39, 0.29) is 5.56 Å². The molecule has 0 aliphatic carbocycles. The Labute approximate surface area is 158 Å². The fourth-order valence-corrected chi connectivity index (χ4v) is 3.08. The maximum absolute atomic E-state index is 11.6. The average molecular weight is 371 g/mol. The van der Waals surface area contributed by atoms with Crippen LogP contribution in [-0.4, -0.2) is 46.5 Å². The van der Waals surface area contributed by atoms with Gasteiger partial charge in [0, 0.05) is 36.6 Å². The van der Waals surface area contributed by atoms with Crippen molar-refractivity contribution in [3.63, 3.8) is 0 Å². The number of hydrogen-bond donors (Lipinski definition) is 1. The van der Waals surface area contributed by atoms with Crippen LogP contribution in [0.1, 0.15) is 15.9 Å². The molecule has 3 rings (SSSR count). The number of carbonyl (C=O) groups is 1. The van der Waals surface area contributed by atoms with Gasteiger partial charge in [-0.05, 0) is 35.9 Å². The van der Waals surface area contributed by atoms with Gasteiger partial charge in [-0.1, -0.05) is 6.07 Å². The summed E-state index contributed by atoms with van der Waals surface area (Å²) in [4.78, 5) is 13.6. The Morgan fingerprint density at radius 2 is 1.85 bits per heavy atom. The van der Waals surface area contributed by atoms with Crippen LogP contribution in [0.15, 0.2) is 36.4 Å². The highest BCUT2D eigenvalue weighted by Gasteiger charge is 2.16. The van der Waals surface area contributed by atoms with Crippen LogP contribution in [0.3, 0.4) is 0 Å². The monoisotopic (exact) mass is 371 g/mol. The fourth-order valence-electron chi connectivity index (χ4n) is 3.08. The van der Waals surface area contributed by atoms with Gasteiger partial charge in [-0.2, -0.15) is 0 Å². The van der Waals surface area contributed by atoms with E-state index in [4.69, 9.17) is 14.2 Å². The zero-order valence-corrected chi connectivity index (χ0v) is 15.5. The predicted octanol–water partition coefficient (Wildman–Crippen LogP) is 1.52. The van der Waals surface area contributed by atoms with E-state index in [1.165, 1.54) is 0 Å². The van der Waals surface area contributed by atoms with Gasteiger partial charge >= 0.3 is 0 Å². The second-order valence-corrected chi connectivity index (χ2v) is 6.16. The smallest absolute Gasteiger partial charge is 0.161 e. The first-order chi connectivity index (χ1) is 13.1. The summed E-state index contributed by atoms with van der Waals surface area (Å²) in [5.41, 5.74) is 2.53. The van der Waals surface area contributed by atoms with E-state index in [2.05, 4.69) is 5.32 Å². The molecule has 1 aliphatic heterocycles. The first kappa shape index (κ1) is 18.8. The molecule has 0 amide bonds. The minimum absolute atomic E-state index is 0.175. The average Bonchev–Trinajstić information content (AvgIpc) is 2.72. The van der Waals surface area contributed by atoms with Crippen molar-refractivity contribution in [3.05, 3.63) is 47.5 Å². The molecule has 1 saturated heterocycles. The Morgan fingerprint density at radius 3 is 2.52 bits per heavy atom. The number of hydrogen-bond acceptors (Lipinski definition) is 7. The molecule has 0 saturated carbocycles. The molecule has 0 radical (unpaired) electrons. The lowest BCUT2D eigenvalue weighted by Gasteiger charge is -2.31. The number of morpholine rings is 1. The summed E-state index contributed by atoms with van der Waals surface area (Å²) in [6, 6.07) is 10.9. The van der Waals surface area contributed by atoms with Crippen LogP contribution in [0.4, 0.5) is 11.4 Å². The molecule has 1 heterocycles. The van der Waals surface area contributed by atoms with Gasteiger partial charge in [-0.3, -0.25) is 0 Å². The molecule has 1 aliphatic rings. The van der Waals surface area contributed by atoms with Crippen LogP contribution in [0.25, 0.3) is 0 Å². The molecule has 0 spiro atoms. The van der Waals surface area contributed by atoms with E-state index in [1.807, 2.05) is 35.2 Å². The van der Waals surface area contributed by atoms with E-state index < -0.39 is 5.97 Å².